The Kier molecular flexibility index (Phi) is 3.33. The van der Waals surface area contributed by atoms with Gasteiger partial charge in [0.05, 0.1) is 13.7 Å². The Labute approximate surface area is 98.9 Å². The first kappa shape index (κ1) is 10.3. The van der Waals surface area contributed by atoms with Crippen LogP contribution in [0.1, 0.15) is 5.01 Å². The lowest BCUT2D eigenvalue weighted by Crippen LogP contribution is -2.01. The highest BCUT2D eigenvalue weighted by Crippen LogP contribution is 2.35. The van der Waals surface area contributed by atoms with Gasteiger partial charge in [0.15, 0.2) is 0 Å². The van der Waals surface area contributed by atoms with Crippen LogP contribution < -0.4 is 5.73 Å². The van der Waals surface area contributed by atoms with E-state index in [0.29, 0.717) is 6.54 Å². The molecule has 0 saturated carbocycles. The molecule has 0 aromatic carbocycles. The highest BCUT2D eigenvalue weighted by Gasteiger charge is 2.10. The molecular weight excluding hydrogens is 280 g/mol. The second-order valence-electron chi connectivity index (χ2n) is 2.75. The number of rotatable bonds is 3. The summed E-state index contributed by atoms with van der Waals surface area (Å²) in [6.07, 6.45) is 0.856. The van der Waals surface area contributed by atoms with E-state index in [1.807, 2.05) is 6.07 Å². The van der Waals surface area contributed by atoms with Crippen molar-refractivity contribution in [3.63, 3.8) is 0 Å². The summed E-state index contributed by atoms with van der Waals surface area (Å²) in [5.74, 6) is 0. The SMILES string of the molecule is NCCc1nc(-c2cccs2)c(Br)s1. The standard InChI is InChI=1S/C9H9BrN2S2/c10-9-8(6-2-1-5-13-6)12-7(14-9)3-4-11/h1-2,5H,3-4,11H2. The molecule has 0 spiro atoms. The van der Waals surface area contributed by atoms with Crippen molar-refractivity contribution in [2.45, 2.75) is 6.42 Å². The van der Waals surface area contributed by atoms with E-state index < -0.39 is 0 Å². The highest BCUT2D eigenvalue weighted by atomic mass is 79.9. The summed E-state index contributed by atoms with van der Waals surface area (Å²) >= 11 is 6.90. The fourth-order valence-corrected chi connectivity index (χ4v) is 3.73. The predicted molar refractivity (Wildman–Crippen MR) is 65.9 cm³/mol. The van der Waals surface area contributed by atoms with Gasteiger partial charge >= 0.3 is 0 Å². The van der Waals surface area contributed by atoms with E-state index in [1.54, 1.807) is 22.7 Å². The van der Waals surface area contributed by atoms with Gasteiger partial charge in [0.25, 0.3) is 0 Å². The van der Waals surface area contributed by atoms with Crippen LogP contribution in [0, 0.1) is 0 Å². The van der Waals surface area contributed by atoms with Crippen molar-refractivity contribution >= 4 is 38.6 Å². The molecule has 0 fully saturated rings. The minimum atomic E-state index is 0.657. The molecule has 14 heavy (non-hydrogen) atoms. The second-order valence-corrected chi connectivity index (χ2v) is 6.10. The molecule has 2 rings (SSSR count). The van der Waals surface area contributed by atoms with E-state index in [2.05, 4.69) is 32.4 Å². The molecule has 0 aliphatic rings. The van der Waals surface area contributed by atoms with E-state index in [4.69, 9.17) is 5.73 Å². The first-order valence-electron chi connectivity index (χ1n) is 4.20. The number of aromatic nitrogens is 1. The number of thiazole rings is 1. The molecule has 0 aliphatic heterocycles. The van der Waals surface area contributed by atoms with Crippen molar-refractivity contribution < 1.29 is 0 Å². The molecule has 5 heteroatoms. The number of hydrogen-bond acceptors (Lipinski definition) is 4. The zero-order chi connectivity index (χ0) is 9.97. The van der Waals surface area contributed by atoms with Crippen LogP contribution in [-0.2, 0) is 6.42 Å². The van der Waals surface area contributed by atoms with Crippen LogP contribution in [0.25, 0.3) is 10.6 Å². The fraction of sp³-hybridized carbons (Fsp3) is 0.222. The number of thiophene rings is 1. The molecule has 2 heterocycles. The van der Waals surface area contributed by atoms with E-state index in [0.717, 1.165) is 20.9 Å². The van der Waals surface area contributed by atoms with Gasteiger partial charge in [0.1, 0.15) is 5.69 Å². The Morgan fingerprint density at radius 1 is 1.50 bits per heavy atom. The normalized spacial score (nSPS) is 10.7. The summed E-state index contributed by atoms with van der Waals surface area (Å²) in [7, 11) is 0. The molecule has 0 amide bonds. The van der Waals surface area contributed by atoms with Gasteiger partial charge in [0.2, 0.25) is 0 Å². The summed E-state index contributed by atoms with van der Waals surface area (Å²) in [4.78, 5) is 5.75. The van der Waals surface area contributed by atoms with Gasteiger partial charge in [0, 0.05) is 6.42 Å². The maximum atomic E-state index is 5.49. The van der Waals surface area contributed by atoms with Crippen molar-refractivity contribution in [2.24, 2.45) is 5.73 Å². The molecule has 0 bridgehead atoms. The predicted octanol–water partition coefficient (Wildman–Crippen LogP) is 3.14. The molecular formula is C9H9BrN2S2. The van der Waals surface area contributed by atoms with Crippen LogP contribution in [0.5, 0.6) is 0 Å². The van der Waals surface area contributed by atoms with Gasteiger partial charge in [-0.15, -0.1) is 22.7 Å². The van der Waals surface area contributed by atoms with Crippen molar-refractivity contribution in [1.29, 1.82) is 0 Å². The lowest BCUT2D eigenvalue weighted by molar-refractivity contribution is 0.954. The van der Waals surface area contributed by atoms with Crippen LogP contribution in [0.15, 0.2) is 21.3 Å². The summed E-state index contributed by atoms with van der Waals surface area (Å²) in [5, 5.41) is 3.16. The van der Waals surface area contributed by atoms with E-state index >= 15 is 0 Å². The average Bonchev–Trinajstić information content (AvgIpc) is 2.74. The van der Waals surface area contributed by atoms with Crippen LogP contribution in [0.4, 0.5) is 0 Å². The molecule has 2 N–H and O–H groups in total. The van der Waals surface area contributed by atoms with Gasteiger partial charge in [-0.25, -0.2) is 4.98 Å². The molecule has 2 aromatic rings. The lowest BCUT2D eigenvalue weighted by Gasteiger charge is -1.90. The van der Waals surface area contributed by atoms with E-state index in [-0.39, 0.29) is 0 Å². The van der Waals surface area contributed by atoms with Crippen molar-refractivity contribution in [1.82, 2.24) is 4.98 Å². The Morgan fingerprint density at radius 2 is 2.36 bits per heavy atom. The average molecular weight is 289 g/mol. The Morgan fingerprint density at radius 3 is 3.00 bits per heavy atom. The first-order chi connectivity index (χ1) is 6.81. The maximum absolute atomic E-state index is 5.49. The number of nitrogens with zero attached hydrogens (tertiary/aromatic N) is 1. The number of hydrogen-bond donors (Lipinski definition) is 1. The Hall–Kier alpha value is -0.230. The van der Waals surface area contributed by atoms with Crippen molar-refractivity contribution in [2.75, 3.05) is 6.54 Å². The third-order valence-corrected chi connectivity index (χ3v) is 4.38. The molecule has 0 unspecified atom stereocenters. The molecule has 0 aliphatic carbocycles. The van der Waals surface area contributed by atoms with Crippen molar-refractivity contribution in [3.05, 3.63) is 26.3 Å². The van der Waals surface area contributed by atoms with Crippen molar-refractivity contribution in [3.8, 4) is 10.6 Å². The quantitative estimate of drug-likeness (QED) is 0.942. The number of nitrogens with two attached hydrogens (primary N) is 1. The van der Waals surface area contributed by atoms with Gasteiger partial charge in [-0.05, 0) is 33.9 Å². The summed E-state index contributed by atoms with van der Waals surface area (Å²) < 4.78 is 1.10. The fourth-order valence-electron chi connectivity index (χ4n) is 1.14. The second kappa shape index (κ2) is 4.53. The Bertz CT molecular complexity index is 408. The molecule has 2 nitrogen and oxygen atoms in total. The molecule has 0 radical (unpaired) electrons. The molecule has 0 atom stereocenters. The van der Waals surface area contributed by atoms with Crippen LogP contribution in [-0.4, -0.2) is 11.5 Å². The third kappa shape index (κ3) is 2.06. The number of halogens is 1. The zero-order valence-corrected chi connectivity index (χ0v) is 10.6. The van der Waals surface area contributed by atoms with Gasteiger partial charge in [-0.3, -0.25) is 0 Å². The topological polar surface area (TPSA) is 38.9 Å². The monoisotopic (exact) mass is 288 g/mol. The maximum Gasteiger partial charge on any atom is 0.106 e. The van der Waals surface area contributed by atoms with Gasteiger partial charge in [-0.1, -0.05) is 6.07 Å². The Balaban J connectivity index is 2.35. The van der Waals surface area contributed by atoms with E-state index in [9.17, 15) is 0 Å². The van der Waals surface area contributed by atoms with Gasteiger partial charge in [-0.2, -0.15) is 0 Å². The van der Waals surface area contributed by atoms with E-state index in [1.165, 1.54) is 4.88 Å². The minimum absolute atomic E-state index is 0.657. The minimum Gasteiger partial charge on any atom is -0.330 e. The molecule has 2 aromatic heterocycles. The third-order valence-electron chi connectivity index (χ3n) is 1.74. The zero-order valence-electron chi connectivity index (χ0n) is 7.37. The van der Waals surface area contributed by atoms with Crippen LogP contribution in [0.2, 0.25) is 0 Å². The van der Waals surface area contributed by atoms with Gasteiger partial charge < -0.3 is 5.73 Å². The largest absolute Gasteiger partial charge is 0.330 e. The highest BCUT2D eigenvalue weighted by molar-refractivity contribution is 9.11. The summed E-state index contributed by atoms with van der Waals surface area (Å²) in [5.41, 5.74) is 6.54. The van der Waals surface area contributed by atoms with Crippen LogP contribution >= 0.6 is 38.6 Å². The lowest BCUT2D eigenvalue weighted by atomic mass is 10.4. The summed E-state index contributed by atoms with van der Waals surface area (Å²) in [6, 6.07) is 4.12. The summed E-state index contributed by atoms with van der Waals surface area (Å²) in [6.45, 7) is 0.657. The van der Waals surface area contributed by atoms with Crippen LogP contribution in [0.3, 0.4) is 0 Å². The smallest absolute Gasteiger partial charge is 0.106 e. The molecule has 74 valence electrons. The first-order valence-corrected chi connectivity index (χ1v) is 6.69. The molecule has 0 saturated heterocycles.